The Morgan fingerprint density at radius 2 is 2.06 bits per heavy atom. The number of amides is 3. The molecule has 2 N–H and O–H groups in total. The largest absolute Gasteiger partial charge is 0.511 e. The third kappa shape index (κ3) is 2.63. The number of allylic oxidation sites excluding steroid dienone is 1. The molecule has 1 heterocycles. The van der Waals surface area contributed by atoms with Gasteiger partial charge in [-0.1, -0.05) is 29.8 Å². The molecule has 0 aromatic heterocycles. The number of imide groups is 1. The van der Waals surface area contributed by atoms with E-state index in [0.29, 0.717) is 0 Å². The van der Waals surface area contributed by atoms with Gasteiger partial charge in [0.2, 0.25) is 0 Å². The molecule has 0 bridgehead atoms. The first-order valence-corrected chi connectivity index (χ1v) is 5.38. The van der Waals surface area contributed by atoms with Crippen LogP contribution in [0.25, 0.3) is 0 Å². The molecule has 0 fully saturated rings. The van der Waals surface area contributed by atoms with E-state index >= 15 is 0 Å². The fraction of sp³-hybridized carbons (Fsp3) is 0.154. The monoisotopic (exact) mass is 246 g/mol. The van der Waals surface area contributed by atoms with Crippen LogP contribution in [0, 0.1) is 6.92 Å². The molecule has 0 unspecified atom stereocenters. The molecule has 1 aliphatic heterocycles. The molecule has 0 spiro atoms. The van der Waals surface area contributed by atoms with Crippen LogP contribution in [-0.4, -0.2) is 23.3 Å². The number of aliphatic imine (C=N–C) groups is 1. The summed E-state index contributed by atoms with van der Waals surface area (Å²) in [7, 11) is 0. The predicted octanol–water partition coefficient (Wildman–Crippen LogP) is 1.67. The highest BCUT2D eigenvalue weighted by Crippen LogP contribution is 2.12. The second kappa shape index (κ2) is 4.83. The number of rotatable bonds is 2. The summed E-state index contributed by atoms with van der Waals surface area (Å²) in [6.07, 6.45) is 1.15. The van der Waals surface area contributed by atoms with Crippen molar-refractivity contribution < 1.29 is 16.1 Å². The second-order valence-electron chi connectivity index (χ2n) is 3.98. The van der Waals surface area contributed by atoms with Gasteiger partial charge in [-0.3, -0.25) is 10.1 Å². The van der Waals surface area contributed by atoms with Crippen molar-refractivity contribution in [2.45, 2.75) is 13.3 Å². The Morgan fingerprint density at radius 1 is 1.39 bits per heavy atom. The number of hydrogen-bond acceptors (Lipinski definition) is 3. The number of aliphatic hydroxyl groups is 1. The normalized spacial score (nSPS) is 18.9. The number of carbonyl (C=O) groups excluding carboxylic acids is 2. The number of hydrogen-bond donors (Lipinski definition) is 2. The van der Waals surface area contributed by atoms with Crippen molar-refractivity contribution in [3.63, 3.8) is 0 Å². The van der Waals surface area contributed by atoms with E-state index in [4.69, 9.17) is 1.41 Å². The van der Waals surface area contributed by atoms with Crippen LogP contribution in [0.1, 0.15) is 11.1 Å². The molecule has 0 aliphatic carbocycles. The summed E-state index contributed by atoms with van der Waals surface area (Å²) in [5, 5.41) is 10.0. The zero-order valence-corrected chi connectivity index (χ0v) is 9.75. The number of aliphatic hydroxyl groups excluding tert-OH is 1. The van der Waals surface area contributed by atoms with Crippen LogP contribution < -0.4 is 5.31 Å². The van der Waals surface area contributed by atoms with Crippen molar-refractivity contribution in [2.75, 3.05) is 0 Å². The van der Waals surface area contributed by atoms with E-state index in [1.165, 1.54) is 0 Å². The van der Waals surface area contributed by atoms with E-state index in [0.717, 1.165) is 17.3 Å². The summed E-state index contributed by atoms with van der Waals surface area (Å²) >= 11 is 0. The highest BCUT2D eigenvalue weighted by Gasteiger charge is 2.20. The van der Waals surface area contributed by atoms with E-state index in [1.54, 1.807) is 0 Å². The number of benzene rings is 1. The predicted molar refractivity (Wildman–Crippen MR) is 66.6 cm³/mol. The maximum Gasteiger partial charge on any atom is 0.347 e. The number of aryl methyl sites for hydroxylation is 1. The van der Waals surface area contributed by atoms with Crippen molar-refractivity contribution in [3.05, 3.63) is 46.7 Å². The first-order valence-electron chi connectivity index (χ1n) is 5.83. The fourth-order valence-electron chi connectivity index (χ4n) is 1.54. The van der Waals surface area contributed by atoms with Gasteiger partial charge in [0.25, 0.3) is 5.91 Å². The lowest BCUT2D eigenvalue weighted by Crippen LogP contribution is -2.34. The van der Waals surface area contributed by atoms with Crippen molar-refractivity contribution in [1.29, 1.82) is 0 Å². The maximum atomic E-state index is 11.6. The van der Waals surface area contributed by atoms with E-state index in [-0.39, 0.29) is 23.1 Å². The third-order valence-electron chi connectivity index (χ3n) is 2.53. The van der Waals surface area contributed by atoms with E-state index in [1.807, 2.05) is 31.2 Å². The highest BCUT2D eigenvalue weighted by atomic mass is 16.3. The van der Waals surface area contributed by atoms with Crippen molar-refractivity contribution >= 4 is 18.2 Å². The summed E-state index contributed by atoms with van der Waals surface area (Å²) in [4.78, 5) is 26.0. The van der Waals surface area contributed by atoms with Crippen LogP contribution in [0.5, 0.6) is 0 Å². The first kappa shape index (κ1) is 10.7. The summed E-state index contributed by atoms with van der Waals surface area (Å²) < 4.78 is 7.19. The van der Waals surface area contributed by atoms with E-state index in [2.05, 4.69) is 4.99 Å². The SMILES string of the molecule is [3H]N1C(=O)N=CC(=C(O)Cc2ccc(C)cc2)C1=O. The molecule has 92 valence electrons. The van der Waals surface area contributed by atoms with Gasteiger partial charge in [0.05, 0.1) is 5.57 Å². The summed E-state index contributed by atoms with van der Waals surface area (Å²) in [6, 6.07) is 6.49. The lowest BCUT2D eigenvalue weighted by atomic mass is 10.1. The van der Waals surface area contributed by atoms with Crippen LogP contribution in [0.4, 0.5) is 4.79 Å². The van der Waals surface area contributed by atoms with Gasteiger partial charge in [0.1, 0.15) is 5.76 Å². The smallest absolute Gasteiger partial charge is 0.347 e. The minimum absolute atomic E-state index is 0.126. The zero-order chi connectivity index (χ0) is 14.0. The molecule has 0 radical (unpaired) electrons. The Bertz CT molecular complexity index is 590. The van der Waals surface area contributed by atoms with Crippen molar-refractivity contribution in [3.8, 4) is 0 Å². The Kier molecular flexibility index (Phi) is 2.87. The summed E-state index contributed by atoms with van der Waals surface area (Å²) in [5.74, 6) is -1.08. The van der Waals surface area contributed by atoms with Gasteiger partial charge in [0, 0.05) is 12.6 Å². The summed E-state index contributed by atoms with van der Waals surface area (Å²) in [6.45, 7) is 1.95. The molecule has 0 saturated heterocycles. The van der Waals surface area contributed by atoms with Crippen molar-refractivity contribution in [2.24, 2.45) is 4.99 Å². The maximum absolute atomic E-state index is 11.6. The van der Waals surface area contributed by atoms with Gasteiger partial charge in [0.15, 0.2) is 1.41 Å². The summed E-state index contributed by atoms with van der Waals surface area (Å²) in [5.41, 5.74) is 1.79. The van der Waals surface area contributed by atoms with Gasteiger partial charge in [-0.25, -0.2) is 9.79 Å². The molecule has 18 heavy (non-hydrogen) atoms. The molecule has 5 heteroatoms. The lowest BCUT2D eigenvalue weighted by molar-refractivity contribution is -0.116. The molecule has 0 saturated carbocycles. The molecular weight excluding hydrogens is 232 g/mol. The van der Waals surface area contributed by atoms with Gasteiger partial charge < -0.3 is 5.11 Å². The van der Waals surface area contributed by atoms with Gasteiger partial charge in [-0.05, 0) is 12.5 Å². The molecule has 0 atom stereocenters. The van der Waals surface area contributed by atoms with E-state index in [9.17, 15) is 14.7 Å². The average Bonchev–Trinajstić information content (AvgIpc) is 2.39. The lowest BCUT2D eigenvalue weighted by Gasteiger charge is -2.09. The van der Waals surface area contributed by atoms with Gasteiger partial charge in [-0.2, -0.15) is 0 Å². The third-order valence-corrected chi connectivity index (χ3v) is 2.53. The Morgan fingerprint density at radius 3 is 2.72 bits per heavy atom. The molecule has 1 aliphatic rings. The molecule has 1 aromatic carbocycles. The van der Waals surface area contributed by atoms with Gasteiger partial charge in [-0.15, -0.1) is 0 Å². The highest BCUT2D eigenvalue weighted by molar-refractivity contribution is 6.22. The molecule has 3 amide bonds. The van der Waals surface area contributed by atoms with Gasteiger partial charge >= 0.3 is 6.03 Å². The van der Waals surface area contributed by atoms with Crippen LogP contribution in [0.3, 0.4) is 0 Å². The zero-order valence-electron chi connectivity index (χ0n) is 10.8. The minimum atomic E-state index is -0.961. The minimum Gasteiger partial charge on any atom is -0.511 e. The average molecular weight is 246 g/mol. The van der Waals surface area contributed by atoms with E-state index < -0.39 is 11.9 Å². The van der Waals surface area contributed by atoms with Crippen LogP contribution in [-0.2, 0) is 11.2 Å². The molecular formula is C13H12N2O3. The Labute approximate surface area is 105 Å². The molecule has 2 rings (SSSR count). The molecule has 1 aromatic rings. The van der Waals surface area contributed by atoms with Crippen LogP contribution in [0.15, 0.2) is 40.6 Å². The topological polar surface area (TPSA) is 78.8 Å². The molecule has 5 nitrogen and oxygen atoms in total. The Hall–Kier alpha value is -2.43. The second-order valence-corrected chi connectivity index (χ2v) is 3.98. The number of urea groups is 1. The quantitative estimate of drug-likeness (QED) is 0.615. The Balaban J connectivity index is 2.27. The standard InChI is InChI=1S/C13H12N2O3/c1-8-2-4-9(5-3-8)6-11(16)10-7-14-13(18)15-12(10)17/h2-5,7,16H,6H2,1H3,(H,15,17,18)/i/hT. The van der Waals surface area contributed by atoms with Crippen molar-refractivity contribution in [1.82, 2.24) is 5.31 Å². The number of nitrogens with one attached hydrogen (secondary N) is 1. The van der Waals surface area contributed by atoms with Crippen LogP contribution >= 0.6 is 0 Å². The fourth-order valence-corrected chi connectivity index (χ4v) is 1.54. The van der Waals surface area contributed by atoms with Crippen LogP contribution in [0.2, 0.25) is 1.41 Å². The number of carbonyl (C=O) groups is 2. The first-order chi connectivity index (χ1) is 8.99. The number of nitrogens with zero attached hydrogens (tertiary/aromatic N) is 1.